The summed E-state index contributed by atoms with van der Waals surface area (Å²) in [5.41, 5.74) is 2.52. The standard InChI is InChI=1S/C23H24ClN3O3/c1-15-11-16(2)13-18(12-15)20(28)26-9-7-23(8-10-26)21(29)27(22(30)25-23)14-17-5-3-4-6-19(17)24/h3-6,11-13H,7-10,14H2,1-2H3,(H,25,30). The lowest BCUT2D eigenvalue weighted by atomic mass is 9.87. The normalized spacial score (nSPS) is 18.1. The van der Waals surface area contributed by atoms with E-state index in [2.05, 4.69) is 5.32 Å². The zero-order valence-electron chi connectivity index (χ0n) is 17.1. The number of carbonyl (C=O) groups excluding carboxylic acids is 3. The van der Waals surface area contributed by atoms with Crippen LogP contribution in [0.2, 0.25) is 5.02 Å². The number of hydrogen-bond donors (Lipinski definition) is 1. The first-order valence-electron chi connectivity index (χ1n) is 10.0. The van der Waals surface area contributed by atoms with Crippen LogP contribution in [0, 0.1) is 13.8 Å². The summed E-state index contributed by atoms with van der Waals surface area (Å²) in [6, 6.07) is 12.6. The Morgan fingerprint density at radius 1 is 1.07 bits per heavy atom. The van der Waals surface area contributed by atoms with Crippen molar-refractivity contribution in [3.63, 3.8) is 0 Å². The molecule has 6 nitrogen and oxygen atoms in total. The van der Waals surface area contributed by atoms with Gasteiger partial charge in [0.15, 0.2) is 0 Å². The Morgan fingerprint density at radius 2 is 1.70 bits per heavy atom. The Morgan fingerprint density at radius 3 is 2.33 bits per heavy atom. The van der Waals surface area contributed by atoms with E-state index >= 15 is 0 Å². The van der Waals surface area contributed by atoms with Crippen LogP contribution in [0.25, 0.3) is 0 Å². The second-order valence-electron chi connectivity index (χ2n) is 8.16. The molecule has 2 heterocycles. The first kappa shape index (κ1) is 20.4. The summed E-state index contributed by atoms with van der Waals surface area (Å²) < 4.78 is 0. The zero-order chi connectivity index (χ0) is 21.5. The molecule has 0 saturated carbocycles. The van der Waals surface area contributed by atoms with Crippen molar-refractivity contribution in [2.75, 3.05) is 13.1 Å². The lowest BCUT2D eigenvalue weighted by molar-refractivity contribution is -0.133. The summed E-state index contributed by atoms with van der Waals surface area (Å²) in [5.74, 6) is -0.285. The van der Waals surface area contributed by atoms with Crippen LogP contribution >= 0.6 is 11.6 Å². The van der Waals surface area contributed by atoms with Gasteiger partial charge in [-0.25, -0.2) is 4.79 Å². The summed E-state index contributed by atoms with van der Waals surface area (Å²) >= 11 is 6.20. The number of nitrogens with one attached hydrogen (secondary N) is 1. The lowest BCUT2D eigenvalue weighted by Gasteiger charge is -2.37. The maximum atomic E-state index is 13.1. The molecule has 7 heteroatoms. The smallest absolute Gasteiger partial charge is 0.325 e. The fraction of sp³-hybridized carbons (Fsp3) is 0.348. The maximum absolute atomic E-state index is 13.1. The molecule has 0 aliphatic carbocycles. The third-order valence-corrected chi connectivity index (χ3v) is 6.27. The molecule has 0 aromatic heterocycles. The number of hydrogen-bond acceptors (Lipinski definition) is 3. The average molecular weight is 426 g/mol. The van der Waals surface area contributed by atoms with E-state index < -0.39 is 11.6 Å². The molecule has 2 aromatic rings. The summed E-state index contributed by atoms with van der Waals surface area (Å²) in [6.07, 6.45) is 0.792. The molecule has 1 N–H and O–H groups in total. The lowest BCUT2D eigenvalue weighted by Crippen LogP contribution is -2.55. The average Bonchev–Trinajstić information content (AvgIpc) is 2.93. The molecule has 2 aliphatic heterocycles. The maximum Gasteiger partial charge on any atom is 0.325 e. The highest BCUT2D eigenvalue weighted by atomic mass is 35.5. The fourth-order valence-corrected chi connectivity index (χ4v) is 4.52. The van der Waals surface area contributed by atoms with Gasteiger partial charge in [-0.3, -0.25) is 14.5 Å². The monoisotopic (exact) mass is 425 g/mol. The van der Waals surface area contributed by atoms with Crippen LogP contribution in [0.1, 0.15) is 39.9 Å². The van der Waals surface area contributed by atoms with E-state index in [9.17, 15) is 14.4 Å². The Labute approximate surface area is 180 Å². The number of piperidine rings is 1. The third-order valence-electron chi connectivity index (χ3n) is 5.91. The minimum absolute atomic E-state index is 0.0404. The Hall–Kier alpha value is -2.86. The van der Waals surface area contributed by atoms with Gasteiger partial charge in [-0.05, 0) is 50.5 Å². The topological polar surface area (TPSA) is 69.7 Å². The highest BCUT2D eigenvalue weighted by molar-refractivity contribution is 6.31. The van der Waals surface area contributed by atoms with E-state index in [1.807, 2.05) is 44.2 Å². The van der Waals surface area contributed by atoms with Crippen LogP contribution in [0.5, 0.6) is 0 Å². The summed E-state index contributed by atoms with van der Waals surface area (Å²) in [5, 5.41) is 3.40. The number of imide groups is 1. The number of amides is 4. The summed E-state index contributed by atoms with van der Waals surface area (Å²) in [4.78, 5) is 41.6. The molecule has 2 aliphatic rings. The van der Waals surface area contributed by atoms with Gasteiger partial charge in [0.05, 0.1) is 6.54 Å². The van der Waals surface area contributed by atoms with Crippen molar-refractivity contribution in [3.05, 3.63) is 69.7 Å². The molecule has 2 fully saturated rings. The second kappa shape index (κ2) is 7.76. The van der Waals surface area contributed by atoms with E-state index in [-0.39, 0.29) is 18.4 Å². The van der Waals surface area contributed by atoms with Crippen molar-refractivity contribution in [1.82, 2.24) is 15.1 Å². The largest absolute Gasteiger partial charge is 0.338 e. The molecular formula is C23H24ClN3O3. The Kier molecular flexibility index (Phi) is 5.28. The van der Waals surface area contributed by atoms with Crippen LogP contribution in [0.15, 0.2) is 42.5 Å². The molecule has 1 spiro atoms. The number of benzene rings is 2. The van der Waals surface area contributed by atoms with Gasteiger partial charge in [-0.1, -0.05) is 47.0 Å². The molecule has 2 saturated heterocycles. The minimum atomic E-state index is -0.947. The van der Waals surface area contributed by atoms with Gasteiger partial charge in [0, 0.05) is 23.7 Å². The highest BCUT2D eigenvalue weighted by Gasteiger charge is 2.52. The van der Waals surface area contributed by atoms with E-state index in [0.29, 0.717) is 36.5 Å². The van der Waals surface area contributed by atoms with Gasteiger partial charge < -0.3 is 10.2 Å². The minimum Gasteiger partial charge on any atom is -0.338 e. The SMILES string of the molecule is Cc1cc(C)cc(C(=O)N2CCC3(CC2)NC(=O)N(Cc2ccccc2Cl)C3=O)c1. The molecule has 0 atom stereocenters. The first-order chi connectivity index (χ1) is 14.3. The predicted molar refractivity (Wildman–Crippen MR) is 114 cm³/mol. The van der Waals surface area contributed by atoms with Crippen LogP contribution in [-0.4, -0.2) is 46.3 Å². The van der Waals surface area contributed by atoms with Gasteiger partial charge in [0.1, 0.15) is 5.54 Å². The summed E-state index contributed by atoms with van der Waals surface area (Å²) in [6.45, 7) is 4.90. The van der Waals surface area contributed by atoms with Crippen molar-refractivity contribution in [2.45, 2.75) is 38.8 Å². The number of carbonyl (C=O) groups is 3. The number of aryl methyl sites for hydroxylation is 2. The number of halogens is 1. The molecule has 0 unspecified atom stereocenters. The van der Waals surface area contributed by atoms with Gasteiger partial charge in [0.25, 0.3) is 11.8 Å². The Balaban J connectivity index is 1.46. The van der Waals surface area contributed by atoms with Crippen molar-refractivity contribution in [3.8, 4) is 0 Å². The Bertz CT molecular complexity index is 1010. The first-order valence-corrected chi connectivity index (χ1v) is 10.4. The quantitative estimate of drug-likeness (QED) is 0.762. The van der Waals surface area contributed by atoms with E-state index in [4.69, 9.17) is 11.6 Å². The number of urea groups is 1. The number of rotatable bonds is 3. The predicted octanol–water partition coefficient (Wildman–Crippen LogP) is 3.68. The fourth-order valence-electron chi connectivity index (χ4n) is 4.33. The molecule has 156 valence electrons. The van der Waals surface area contributed by atoms with Gasteiger partial charge in [-0.2, -0.15) is 0 Å². The van der Waals surface area contributed by atoms with Crippen LogP contribution in [0.4, 0.5) is 4.79 Å². The zero-order valence-corrected chi connectivity index (χ0v) is 17.8. The molecule has 4 amide bonds. The molecule has 2 aromatic carbocycles. The highest BCUT2D eigenvalue weighted by Crippen LogP contribution is 2.32. The van der Waals surface area contributed by atoms with Crippen LogP contribution in [-0.2, 0) is 11.3 Å². The van der Waals surface area contributed by atoms with E-state index in [1.165, 1.54) is 4.90 Å². The second-order valence-corrected chi connectivity index (χ2v) is 8.57. The van der Waals surface area contributed by atoms with Gasteiger partial charge in [-0.15, -0.1) is 0 Å². The molecule has 4 rings (SSSR count). The molecule has 0 bridgehead atoms. The van der Waals surface area contributed by atoms with Crippen LogP contribution < -0.4 is 5.32 Å². The third kappa shape index (κ3) is 3.67. The molecular weight excluding hydrogens is 402 g/mol. The van der Waals surface area contributed by atoms with Crippen LogP contribution in [0.3, 0.4) is 0 Å². The van der Waals surface area contributed by atoms with Crippen molar-refractivity contribution in [1.29, 1.82) is 0 Å². The number of nitrogens with zero attached hydrogens (tertiary/aromatic N) is 2. The van der Waals surface area contributed by atoms with Crippen molar-refractivity contribution >= 4 is 29.4 Å². The van der Waals surface area contributed by atoms with Gasteiger partial charge >= 0.3 is 6.03 Å². The van der Waals surface area contributed by atoms with E-state index in [1.54, 1.807) is 17.0 Å². The van der Waals surface area contributed by atoms with Gasteiger partial charge in [0.2, 0.25) is 0 Å². The number of likely N-dealkylation sites (tertiary alicyclic amines) is 1. The van der Waals surface area contributed by atoms with E-state index in [0.717, 1.165) is 16.7 Å². The molecule has 30 heavy (non-hydrogen) atoms. The summed E-state index contributed by atoms with van der Waals surface area (Å²) in [7, 11) is 0. The molecule has 0 radical (unpaired) electrons. The van der Waals surface area contributed by atoms with Crippen molar-refractivity contribution in [2.24, 2.45) is 0 Å². The van der Waals surface area contributed by atoms with Crippen molar-refractivity contribution < 1.29 is 14.4 Å².